The van der Waals surface area contributed by atoms with Crippen molar-refractivity contribution in [1.29, 1.82) is 0 Å². The molecule has 2 aliphatic heterocycles. The van der Waals surface area contributed by atoms with Gasteiger partial charge in [-0.3, -0.25) is 0 Å². The number of hydrogen-bond acceptors (Lipinski definition) is 5. The van der Waals surface area contributed by atoms with E-state index in [9.17, 15) is 5.11 Å². The zero-order chi connectivity index (χ0) is 29.7. The Balaban J connectivity index is 0.000000668. The highest BCUT2D eigenvalue weighted by atomic mass is 35.5. The standard InChI is InChI=1S/C33H33ClO4.C4H8O/c34-32-16-13-27(18-28(32)17-24-11-14-29(35)15-12-24)33-20-30(37-22-26-9-5-2-6-10-26)19-31(38-33)23-36-21-25-7-3-1-4-8-25;1-2-4-5-3-1/h1-16,18,30-31,33,35H,17,19-23H2;1-4H2. The van der Waals surface area contributed by atoms with Gasteiger partial charge in [-0.1, -0.05) is 96.5 Å². The van der Waals surface area contributed by atoms with Crippen LogP contribution >= 0.6 is 11.6 Å². The van der Waals surface area contributed by atoms with Gasteiger partial charge in [0.1, 0.15) is 5.75 Å². The van der Waals surface area contributed by atoms with Crippen LogP contribution in [-0.2, 0) is 38.6 Å². The highest BCUT2D eigenvalue weighted by Crippen LogP contribution is 2.35. The smallest absolute Gasteiger partial charge is 0.115 e. The van der Waals surface area contributed by atoms with Crippen LogP contribution in [0.25, 0.3) is 0 Å². The summed E-state index contributed by atoms with van der Waals surface area (Å²) >= 11 is 6.58. The molecular weight excluding hydrogens is 560 g/mol. The molecule has 226 valence electrons. The van der Waals surface area contributed by atoms with Crippen LogP contribution < -0.4 is 0 Å². The summed E-state index contributed by atoms with van der Waals surface area (Å²) in [7, 11) is 0. The van der Waals surface area contributed by atoms with E-state index in [-0.39, 0.29) is 24.1 Å². The zero-order valence-corrected chi connectivity index (χ0v) is 25.3. The van der Waals surface area contributed by atoms with Crippen molar-refractivity contribution >= 4 is 11.6 Å². The fourth-order valence-corrected chi connectivity index (χ4v) is 5.56. The lowest BCUT2D eigenvalue weighted by atomic mass is 9.93. The first-order chi connectivity index (χ1) is 21.1. The highest BCUT2D eigenvalue weighted by Gasteiger charge is 2.31. The number of halogens is 1. The van der Waals surface area contributed by atoms with Crippen LogP contribution in [0.15, 0.2) is 103 Å². The molecule has 0 aliphatic carbocycles. The normalized spacial score (nSPS) is 19.9. The maximum Gasteiger partial charge on any atom is 0.115 e. The molecule has 0 spiro atoms. The van der Waals surface area contributed by atoms with Crippen LogP contribution in [0.4, 0.5) is 0 Å². The molecule has 2 aliphatic rings. The average Bonchev–Trinajstić information content (AvgIpc) is 3.64. The monoisotopic (exact) mass is 600 g/mol. The van der Waals surface area contributed by atoms with E-state index >= 15 is 0 Å². The Morgan fingerprint density at radius 1 is 0.744 bits per heavy atom. The lowest BCUT2D eigenvalue weighted by Crippen LogP contribution is -2.35. The molecule has 1 N–H and O–H groups in total. The second-order valence-electron chi connectivity index (χ2n) is 11.2. The number of phenolic OH excluding ortho intramolecular Hbond substituents is 1. The van der Waals surface area contributed by atoms with E-state index in [1.54, 1.807) is 12.1 Å². The fourth-order valence-electron chi connectivity index (χ4n) is 5.37. The van der Waals surface area contributed by atoms with Gasteiger partial charge in [-0.25, -0.2) is 0 Å². The molecule has 0 bridgehead atoms. The van der Waals surface area contributed by atoms with E-state index in [0.717, 1.165) is 58.9 Å². The Morgan fingerprint density at radius 2 is 1.42 bits per heavy atom. The molecule has 0 amide bonds. The molecule has 2 saturated heterocycles. The first kappa shape index (κ1) is 31.2. The van der Waals surface area contributed by atoms with Gasteiger partial charge in [-0.05, 0) is 65.3 Å². The first-order valence-corrected chi connectivity index (χ1v) is 15.6. The van der Waals surface area contributed by atoms with Crippen molar-refractivity contribution in [2.75, 3.05) is 19.8 Å². The number of benzene rings is 4. The van der Waals surface area contributed by atoms with Crippen LogP contribution in [0.1, 0.15) is 59.6 Å². The quantitative estimate of drug-likeness (QED) is 0.198. The van der Waals surface area contributed by atoms with Gasteiger partial charge in [0.25, 0.3) is 0 Å². The van der Waals surface area contributed by atoms with Crippen molar-refractivity contribution in [1.82, 2.24) is 0 Å². The summed E-state index contributed by atoms with van der Waals surface area (Å²) in [6.45, 7) is 3.63. The van der Waals surface area contributed by atoms with E-state index in [2.05, 4.69) is 36.4 Å². The Hall–Kier alpha value is -3.19. The molecule has 3 atom stereocenters. The maximum atomic E-state index is 9.62. The minimum atomic E-state index is -0.120. The summed E-state index contributed by atoms with van der Waals surface area (Å²) in [5, 5.41) is 10.3. The van der Waals surface area contributed by atoms with Gasteiger partial charge in [-0.2, -0.15) is 0 Å². The second kappa shape index (κ2) is 16.6. The molecule has 6 rings (SSSR count). The van der Waals surface area contributed by atoms with E-state index < -0.39 is 0 Å². The van der Waals surface area contributed by atoms with Gasteiger partial charge < -0.3 is 24.1 Å². The SMILES string of the molecule is C1CCOC1.Oc1ccc(Cc2cc(C3CC(OCc4ccccc4)CC(COCc4ccccc4)O3)ccc2Cl)cc1. The highest BCUT2D eigenvalue weighted by molar-refractivity contribution is 6.31. The number of ether oxygens (including phenoxy) is 4. The molecular formula is C37H41ClO5. The molecule has 43 heavy (non-hydrogen) atoms. The predicted octanol–water partition coefficient (Wildman–Crippen LogP) is 8.46. The summed E-state index contributed by atoms with van der Waals surface area (Å²) in [6.07, 6.45) is 4.64. The predicted molar refractivity (Wildman–Crippen MR) is 170 cm³/mol. The average molecular weight is 601 g/mol. The zero-order valence-electron chi connectivity index (χ0n) is 24.6. The van der Waals surface area contributed by atoms with E-state index in [4.69, 9.17) is 30.5 Å². The van der Waals surface area contributed by atoms with Crippen LogP contribution in [-0.4, -0.2) is 37.1 Å². The van der Waals surface area contributed by atoms with Gasteiger partial charge in [0.15, 0.2) is 0 Å². The van der Waals surface area contributed by atoms with E-state index in [1.165, 1.54) is 12.8 Å². The van der Waals surface area contributed by atoms with Crippen molar-refractivity contribution in [3.63, 3.8) is 0 Å². The van der Waals surface area contributed by atoms with E-state index in [0.29, 0.717) is 26.2 Å². The molecule has 0 radical (unpaired) electrons. The van der Waals surface area contributed by atoms with Crippen LogP contribution in [0.5, 0.6) is 5.75 Å². The van der Waals surface area contributed by atoms with Gasteiger partial charge in [0.2, 0.25) is 0 Å². The molecule has 4 aromatic carbocycles. The van der Waals surface area contributed by atoms with Gasteiger partial charge in [0, 0.05) is 31.1 Å². The molecule has 6 heteroatoms. The lowest BCUT2D eigenvalue weighted by molar-refractivity contribution is -0.142. The summed E-state index contributed by atoms with van der Waals surface area (Å²) < 4.78 is 24.0. The van der Waals surface area contributed by atoms with E-state index in [1.807, 2.05) is 54.6 Å². The fraction of sp³-hybridized carbons (Fsp3) is 0.351. The minimum absolute atomic E-state index is 0.0514. The Morgan fingerprint density at radius 3 is 2.07 bits per heavy atom. The Bertz CT molecular complexity index is 1350. The molecule has 0 aromatic heterocycles. The second-order valence-corrected chi connectivity index (χ2v) is 11.6. The largest absolute Gasteiger partial charge is 0.508 e. The van der Waals surface area contributed by atoms with Gasteiger partial charge in [0.05, 0.1) is 38.1 Å². The number of aromatic hydroxyl groups is 1. The number of rotatable bonds is 10. The van der Waals surface area contributed by atoms with Crippen LogP contribution in [0.2, 0.25) is 5.02 Å². The van der Waals surface area contributed by atoms with Crippen molar-refractivity contribution in [3.05, 3.63) is 136 Å². The van der Waals surface area contributed by atoms with Crippen LogP contribution in [0, 0.1) is 0 Å². The Kier molecular flexibility index (Phi) is 12.1. The maximum absolute atomic E-state index is 9.62. The third-order valence-electron chi connectivity index (χ3n) is 7.70. The first-order valence-electron chi connectivity index (χ1n) is 15.2. The number of phenols is 1. The molecule has 4 aromatic rings. The molecule has 2 heterocycles. The molecule has 5 nitrogen and oxygen atoms in total. The number of hydrogen-bond donors (Lipinski definition) is 1. The van der Waals surface area contributed by atoms with Crippen molar-refractivity contribution in [3.8, 4) is 5.75 Å². The topological polar surface area (TPSA) is 57.2 Å². The molecule has 0 saturated carbocycles. The summed E-state index contributed by atoms with van der Waals surface area (Å²) in [6, 6.07) is 33.8. The molecule has 3 unspecified atom stereocenters. The third kappa shape index (κ3) is 10.2. The molecule has 2 fully saturated rings. The summed E-state index contributed by atoms with van der Waals surface area (Å²) in [4.78, 5) is 0. The van der Waals surface area contributed by atoms with Crippen molar-refractivity contribution in [2.45, 2.75) is 63.6 Å². The van der Waals surface area contributed by atoms with Crippen molar-refractivity contribution < 1.29 is 24.1 Å². The van der Waals surface area contributed by atoms with Gasteiger partial charge in [-0.15, -0.1) is 0 Å². The summed E-state index contributed by atoms with van der Waals surface area (Å²) in [5.41, 5.74) is 5.51. The third-order valence-corrected chi connectivity index (χ3v) is 8.07. The Labute approximate surface area is 260 Å². The lowest BCUT2D eigenvalue weighted by Gasteiger charge is -2.36. The van der Waals surface area contributed by atoms with Gasteiger partial charge >= 0.3 is 0 Å². The van der Waals surface area contributed by atoms with Crippen molar-refractivity contribution in [2.24, 2.45) is 0 Å². The minimum Gasteiger partial charge on any atom is -0.508 e. The van der Waals surface area contributed by atoms with Crippen LogP contribution in [0.3, 0.4) is 0 Å². The summed E-state index contributed by atoms with van der Waals surface area (Å²) in [5.74, 6) is 0.256.